The van der Waals surface area contributed by atoms with Gasteiger partial charge in [0.25, 0.3) is 0 Å². The van der Waals surface area contributed by atoms with Crippen LogP contribution in [0.1, 0.15) is 18.2 Å². The molecule has 0 bridgehead atoms. The number of esters is 1. The molecule has 0 amide bonds. The predicted molar refractivity (Wildman–Crippen MR) is 54.5 cm³/mol. The molecule has 14 heavy (non-hydrogen) atoms. The van der Waals surface area contributed by atoms with Crippen LogP contribution in [0.3, 0.4) is 0 Å². The molecule has 0 unspecified atom stereocenters. The molecule has 0 spiro atoms. The number of aryl methyl sites for hydroxylation is 1. The minimum absolute atomic E-state index is 0.0498. The molecular formula is C9H9Cl2NO2. The van der Waals surface area contributed by atoms with Crippen LogP contribution in [0.4, 0.5) is 0 Å². The standard InChI is InChI=1S/C9H9Cl2NO2/c1-5-3-12-7(4-14-6(2)13)9(11)8(5)10/h3H,4H2,1-2H3. The zero-order chi connectivity index (χ0) is 10.7. The molecule has 5 heteroatoms. The summed E-state index contributed by atoms with van der Waals surface area (Å²) < 4.78 is 4.76. The Morgan fingerprint density at radius 2 is 2.14 bits per heavy atom. The molecule has 0 atom stereocenters. The Kier molecular flexibility index (Phi) is 3.72. The summed E-state index contributed by atoms with van der Waals surface area (Å²) in [4.78, 5) is 14.6. The van der Waals surface area contributed by atoms with Crippen molar-refractivity contribution in [1.82, 2.24) is 4.98 Å². The van der Waals surface area contributed by atoms with Crippen molar-refractivity contribution >= 4 is 29.2 Å². The van der Waals surface area contributed by atoms with Gasteiger partial charge in [-0.3, -0.25) is 9.78 Å². The molecule has 0 radical (unpaired) electrons. The van der Waals surface area contributed by atoms with E-state index in [0.717, 1.165) is 5.56 Å². The third-order valence-electron chi connectivity index (χ3n) is 1.62. The number of hydrogen-bond donors (Lipinski definition) is 0. The maximum atomic E-state index is 10.6. The summed E-state index contributed by atoms with van der Waals surface area (Å²) in [5.74, 6) is -0.375. The number of carbonyl (C=O) groups is 1. The van der Waals surface area contributed by atoms with Crippen molar-refractivity contribution < 1.29 is 9.53 Å². The first-order valence-corrected chi connectivity index (χ1v) is 4.70. The number of halogens is 2. The quantitative estimate of drug-likeness (QED) is 0.738. The number of hydrogen-bond acceptors (Lipinski definition) is 3. The molecule has 0 aliphatic rings. The van der Waals surface area contributed by atoms with Crippen molar-refractivity contribution in [3.05, 3.63) is 27.5 Å². The van der Waals surface area contributed by atoms with E-state index in [-0.39, 0.29) is 12.6 Å². The van der Waals surface area contributed by atoms with Gasteiger partial charge >= 0.3 is 5.97 Å². The highest BCUT2D eigenvalue weighted by Crippen LogP contribution is 2.27. The molecular weight excluding hydrogens is 225 g/mol. The minimum Gasteiger partial charge on any atom is -0.459 e. The summed E-state index contributed by atoms with van der Waals surface area (Å²) in [5, 5.41) is 0.789. The fourth-order valence-corrected chi connectivity index (χ4v) is 1.27. The van der Waals surface area contributed by atoms with Crippen molar-refractivity contribution in [3.8, 4) is 0 Å². The summed E-state index contributed by atoms with van der Waals surface area (Å²) in [7, 11) is 0. The van der Waals surface area contributed by atoms with Crippen molar-refractivity contribution in [2.75, 3.05) is 0 Å². The highest BCUT2D eigenvalue weighted by molar-refractivity contribution is 6.42. The van der Waals surface area contributed by atoms with Crippen LogP contribution < -0.4 is 0 Å². The normalized spacial score (nSPS) is 10.0. The van der Waals surface area contributed by atoms with E-state index in [1.165, 1.54) is 6.92 Å². The molecule has 1 aromatic heterocycles. The second-order valence-electron chi connectivity index (χ2n) is 2.80. The fraction of sp³-hybridized carbons (Fsp3) is 0.333. The molecule has 1 heterocycles. The van der Waals surface area contributed by atoms with Gasteiger partial charge in [0.05, 0.1) is 15.7 Å². The summed E-state index contributed by atoms with van der Waals surface area (Å²) in [6.45, 7) is 3.18. The summed E-state index contributed by atoms with van der Waals surface area (Å²) in [6.07, 6.45) is 1.59. The Labute approximate surface area is 92.0 Å². The predicted octanol–water partition coefficient (Wildman–Crippen LogP) is 2.76. The van der Waals surface area contributed by atoms with E-state index < -0.39 is 0 Å². The third-order valence-corrected chi connectivity index (χ3v) is 2.61. The van der Waals surface area contributed by atoms with Crippen molar-refractivity contribution in [1.29, 1.82) is 0 Å². The Bertz CT molecular complexity index is 366. The van der Waals surface area contributed by atoms with Gasteiger partial charge in [0, 0.05) is 13.1 Å². The van der Waals surface area contributed by atoms with Gasteiger partial charge in [-0.05, 0) is 12.5 Å². The first-order chi connectivity index (χ1) is 6.52. The maximum Gasteiger partial charge on any atom is 0.303 e. The van der Waals surface area contributed by atoms with E-state index in [9.17, 15) is 4.79 Å². The lowest BCUT2D eigenvalue weighted by atomic mass is 10.3. The number of rotatable bonds is 2. The highest BCUT2D eigenvalue weighted by atomic mass is 35.5. The Morgan fingerprint density at radius 3 is 2.71 bits per heavy atom. The van der Waals surface area contributed by atoms with Crippen LogP contribution in [0.25, 0.3) is 0 Å². The van der Waals surface area contributed by atoms with E-state index >= 15 is 0 Å². The summed E-state index contributed by atoms with van der Waals surface area (Å²) in [6, 6.07) is 0. The molecule has 0 aliphatic carbocycles. The van der Waals surface area contributed by atoms with Crippen molar-refractivity contribution in [2.24, 2.45) is 0 Å². The number of carbonyl (C=O) groups excluding carboxylic acids is 1. The van der Waals surface area contributed by atoms with Crippen LogP contribution in [0.2, 0.25) is 10.0 Å². The monoisotopic (exact) mass is 233 g/mol. The Balaban J connectivity index is 2.88. The number of aromatic nitrogens is 1. The van der Waals surface area contributed by atoms with Gasteiger partial charge in [-0.15, -0.1) is 0 Å². The van der Waals surface area contributed by atoms with E-state index in [1.54, 1.807) is 13.1 Å². The molecule has 0 saturated heterocycles. The lowest BCUT2D eigenvalue weighted by Gasteiger charge is -2.06. The van der Waals surface area contributed by atoms with Gasteiger partial charge in [-0.1, -0.05) is 23.2 Å². The van der Waals surface area contributed by atoms with Gasteiger partial charge in [0.15, 0.2) is 0 Å². The second-order valence-corrected chi connectivity index (χ2v) is 3.55. The number of pyridine rings is 1. The van der Waals surface area contributed by atoms with E-state index in [1.807, 2.05) is 0 Å². The molecule has 0 aromatic carbocycles. The Morgan fingerprint density at radius 1 is 1.50 bits per heavy atom. The lowest BCUT2D eigenvalue weighted by molar-refractivity contribution is -0.142. The second kappa shape index (κ2) is 4.62. The highest BCUT2D eigenvalue weighted by Gasteiger charge is 2.09. The Hall–Kier alpha value is -0.800. The van der Waals surface area contributed by atoms with Gasteiger partial charge in [0.2, 0.25) is 0 Å². The fourth-order valence-electron chi connectivity index (χ4n) is 0.858. The molecule has 1 aromatic rings. The van der Waals surface area contributed by atoms with Gasteiger partial charge in [-0.25, -0.2) is 0 Å². The first kappa shape index (κ1) is 11.3. The largest absolute Gasteiger partial charge is 0.459 e. The van der Waals surface area contributed by atoms with E-state index in [2.05, 4.69) is 4.98 Å². The van der Waals surface area contributed by atoms with Crippen LogP contribution in [0.15, 0.2) is 6.20 Å². The zero-order valence-electron chi connectivity index (χ0n) is 7.80. The van der Waals surface area contributed by atoms with Crippen LogP contribution in [0.5, 0.6) is 0 Å². The SMILES string of the molecule is CC(=O)OCc1ncc(C)c(Cl)c1Cl. The average molecular weight is 234 g/mol. The molecule has 76 valence electrons. The van der Waals surface area contributed by atoms with Crippen molar-refractivity contribution in [3.63, 3.8) is 0 Å². The maximum absolute atomic E-state index is 10.6. The van der Waals surface area contributed by atoms with Crippen molar-refractivity contribution in [2.45, 2.75) is 20.5 Å². The van der Waals surface area contributed by atoms with Gasteiger partial charge in [-0.2, -0.15) is 0 Å². The first-order valence-electron chi connectivity index (χ1n) is 3.95. The summed E-state index contributed by atoms with van der Waals surface area (Å²) >= 11 is 11.8. The number of nitrogens with zero attached hydrogens (tertiary/aromatic N) is 1. The molecule has 0 N–H and O–H groups in total. The molecule has 0 saturated carbocycles. The molecule has 0 fully saturated rings. The minimum atomic E-state index is -0.375. The van der Waals surface area contributed by atoms with Crippen LogP contribution in [-0.4, -0.2) is 11.0 Å². The topological polar surface area (TPSA) is 39.2 Å². The summed E-state index contributed by atoms with van der Waals surface area (Å²) in [5.41, 5.74) is 1.26. The van der Waals surface area contributed by atoms with E-state index in [0.29, 0.717) is 15.7 Å². The molecule has 0 aliphatic heterocycles. The van der Waals surface area contributed by atoms with E-state index in [4.69, 9.17) is 27.9 Å². The van der Waals surface area contributed by atoms with Gasteiger partial charge in [0.1, 0.15) is 6.61 Å². The van der Waals surface area contributed by atoms with Gasteiger partial charge < -0.3 is 4.74 Å². The smallest absolute Gasteiger partial charge is 0.303 e. The van der Waals surface area contributed by atoms with Crippen LogP contribution in [0, 0.1) is 6.92 Å². The molecule has 1 rings (SSSR count). The third kappa shape index (κ3) is 2.59. The molecule has 3 nitrogen and oxygen atoms in total. The average Bonchev–Trinajstić information content (AvgIpc) is 2.13. The van der Waals surface area contributed by atoms with Crippen LogP contribution in [-0.2, 0) is 16.1 Å². The lowest BCUT2D eigenvalue weighted by Crippen LogP contribution is -2.02. The zero-order valence-corrected chi connectivity index (χ0v) is 9.32. The van der Waals surface area contributed by atoms with Crippen LogP contribution >= 0.6 is 23.2 Å². The number of ether oxygens (including phenoxy) is 1.